The third kappa shape index (κ3) is 8.95. The number of anilines is 1. The zero-order chi connectivity index (χ0) is 34.0. The first kappa shape index (κ1) is 34.4. The van der Waals surface area contributed by atoms with Crippen molar-refractivity contribution in [3.05, 3.63) is 71.8 Å². The lowest BCUT2D eigenvalue weighted by atomic mass is 10.1. The fourth-order valence-electron chi connectivity index (χ4n) is 3.84. The van der Waals surface area contributed by atoms with Crippen molar-refractivity contribution in [2.75, 3.05) is 26.6 Å². The van der Waals surface area contributed by atoms with Gasteiger partial charge in [-0.15, -0.1) is 0 Å². The lowest BCUT2D eigenvalue weighted by molar-refractivity contribution is -0.157. The van der Waals surface area contributed by atoms with Crippen molar-refractivity contribution in [3.8, 4) is 28.7 Å². The molecule has 46 heavy (non-hydrogen) atoms. The number of carboxylic acids is 1. The minimum absolute atomic E-state index is 0.0219. The molecule has 0 aliphatic carbocycles. The highest BCUT2D eigenvalue weighted by molar-refractivity contribution is 6.02. The van der Waals surface area contributed by atoms with Gasteiger partial charge < -0.3 is 43.6 Å². The maximum atomic E-state index is 13.5. The van der Waals surface area contributed by atoms with Gasteiger partial charge in [-0.2, -0.15) is 0 Å². The molecule has 0 heterocycles. The molecule has 0 fully saturated rings. The second kappa shape index (κ2) is 15.6. The molecule has 3 aromatic carbocycles. The average Bonchev–Trinajstić information content (AvgIpc) is 3.02. The first-order valence-corrected chi connectivity index (χ1v) is 13.2. The Balaban J connectivity index is 1.98. The number of nitrogens with one attached hydrogen (secondary N) is 1. The zero-order valence-corrected chi connectivity index (χ0v) is 25.2. The van der Waals surface area contributed by atoms with E-state index in [0.29, 0.717) is 5.75 Å². The summed E-state index contributed by atoms with van der Waals surface area (Å²) in [6.07, 6.45) is -4.62. The molecule has 0 spiro atoms. The predicted octanol–water partition coefficient (Wildman–Crippen LogP) is 3.04. The average molecular weight is 640 g/mol. The first-order chi connectivity index (χ1) is 21.9. The molecule has 0 saturated heterocycles. The minimum Gasteiger partial charge on any atom is -0.497 e. The Morgan fingerprint density at radius 3 is 1.57 bits per heavy atom. The van der Waals surface area contributed by atoms with Gasteiger partial charge in [-0.05, 0) is 48.5 Å². The van der Waals surface area contributed by atoms with Crippen molar-refractivity contribution in [1.29, 1.82) is 0 Å². The number of ether oxygens (including phenoxy) is 7. The number of hydrogen-bond donors (Lipinski definition) is 2. The molecule has 0 aromatic heterocycles. The largest absolute Gasteiger partial charge is 0.497 e. The Kier molecular flexibility index (Phi) is 11.6. The summed E-state index contributed by atoms with van der Waals surface area (Å²) in [4.78, 5) is 74.9. The third-order valence-electron chi connectivity index (χ3n) is 5.89. The van der Waals surface area contributed by atoms with Crippen LogP contribution in [0.15, 0.2) is 60.7 Å². The molecule has 0 aliphatic heterocycles. The highest BCUT2D eigenvalue weighted by Crippen LogP contribution is 2.30. The van der Waals surface area contributed by atoms with Crippen molar-refractivity contribution in [1.82, 2.24) is 0 Å². The van der Waals surface area contributed by atoms with Gasteiger partial charge in [-0.1, -0.05) is 6.07 Å². The van der Waals surface area contributed by atoms with Crippen molar-refractivity contribution in [2.24, 2.45) is 0 Å². The molecule has 2 atom stereocenters. The normalized spacial score (nSPS) is 11.6. The first-order valence-electron chi connectivity index (χ1n) is 13.2. The summed E-state index contributed by atoms with van der Waals surface area (Å²) in [7, 11) is 3.87. The molecule has 0 aliphatic rings. The minimum atomic E-state index is -2.37. The smallest absolute Gasteiger partial charge is 0.349 e. The van der Waals surface area contributed by atoms with Gasteiger partial charge in [0, 0.05) is 25.6 Å². The fraction of sp³-hybridized carbons (Fsp3) is 0.226. The van der Waals surface area contributed by atoms with Crippen LogP contribution in [0.5, 0.6) is 28.7 Å². The van der Waals surface area contributed by atoms with Crippen LogP contribution in [0, 0.1) is 0 Å². The standard InChI is InChI=1S/C31H29NO14/c1-16(33)43-22-11-9-18(13-24(22)41-4)30(38)45-26(28(35)32-20-7-6-8-21(15-20)40-3)27(29(36)37)46-31(39)19-10-12-23(44-17(2)34)25(14-19)42-5/h6-15,26-27H,1-5H3,(H,32,35)(H,36,37)/t26-,27-/m0/s1. The summed E-state index contributed by atoms with van der Waals surface area (Å²) in [5.41, 5.74) is -0.338. The molecule has 1 amide bonds. The van der Waals surface area contributed by atoms with E-state index in [9.17, 15) is 33.9 Å². The lowest BCUT2D eigenvalue weighted by Crippen LogP contribution is -2.48. The van der Waals surface area contributed by atoms with Crippen molar-refractivity contribution >= 4 is 41.4 Å². The Morgan fingerprint density at radius 1 is 0.630 bits per heavy atom. The maximum Gasteiger partial charge on any atom is 0.349 e. The van der Waals surface area contributed by atoms with Crippen LogP contribution in [0.3, 0.4) is 0 Å². The molecule has 3 rings (SSSR count). The van der Waals surface area contributed by atoms with Crippen LogP contribution in [-0.2, 0) is 28.7 Å². The molecule has 15 nitrogen and oxygen atoms in total. The number of rotatable bonds is 13. The van der Waals surface area contributed by atoms with Gasteiger partial charge in [0.05, 0.1) is 32.5 Å². The number of carbonyl (C=O) groups excluding carboxylic acids is 5. The van der Waals surface area contributed by atoms with Gasteiger partial charge in [-0.3, -0.25) is 14.4 Å². The number of aliphatic carboxylic acids is 1. The van der Waals surface area contributed by atoms with Crippen LogP contribution in [-0.4, -0.2) is 74.4 Å². The van der Waals surface area contributed by atoms with E-state index in [1.54, 1.807) is 6.07 Å². The highest BCUT2D eigenvalue weighted by Gasteiger charge is 2.41. The van der Waals surface area contributed by atoms with Gasteiger partial charge in [-0.25, -0.2) is 14.4 Å². The molecule has 0 bridgehead atoms. The van der Waals surface area contributed by atoms with Gasteiger partial charge in [0.25, 0.3) is 5.91 Å². The molecule has 2 N–H and O–H groups in total. The number of methoxy groups -OCH3 is 3. The Bertz CT molecular complexity index is 1650. The number of carbonyl (C=O) groups is 6. The van der Waals surface area contributed by atoms with Crippen LogP contribution in [0.4, 0.5) is 5.69 Å². The van der Waals surface area contributed by atoms with E-state index in [1.807, 2.05) is 0 Å². The summed E-state index contributed by atoms with van der Waals surface area (Å²) in [5, 5.41) is 12.5. The third-order valence-corrected chi connectivity index (χ3v) is 5.89. The SMILES string of the molecule is COc1cccc(NC(=O)[C@@H](OC(=O)c2ccc(OC(C)=O)c(OC)c2)[C@H](OC(=O)c2ccc(OC(C)=O)c(OC)c2)C(=O)O)c1. The summed E-state index contributed by atoms with van der Waals surface area (Å²) in [6, 6.07) is 13.0. The van der Waals surface area contributed by atoms with Crippen LogP contribution in [0.2, 0.25) is 0 Å². The molecule has 0 radical (unpaired) electrons. The zero-order valence-electron chi connectivity index (χ0n) is 25.2. The lowest BCUT2D eigenvalue weighted by Gasteiger charge is -2.24. The van der Waals surface area contributed by atoms with Gasteiger partial charge in [0.2, 0.25) is 12.2 Å². The number of amides is 1. The summed E-state index contributed by atoms with van der Waals surface area (Å²) in [5.74, 6) is -6.60. The van der Waals surface area contributed by atoms with E-state index in [2.05, 4.69) is 5.32 Å². The van der Waals surface area contributed by atoms with E-state index in [0.717, 1.165) is 32.0 Å². The second-order valence-corrected chi connectivity index (χ2v) is 9.13. The van der Waals surface area contributed by atoms with Crippen LogP contribution in [0.25, 0.3) is 0 Å². The van der Waals surface area contributed by atoms with Crippen LogP contribution >= 0.6 is 0 Å². The number of benzene rings is 3. The van der Waals surface area contributed by atoms with E-state index in [4.69, 9.17) is 33.2 Å². The van der Waals surface area contributed by atoms with Gasteiger partial charge >= 0.3 is 29.8 Å². The van der Waals surface area contributed by atoms with Crippen molar-refractivity contribution < 1.29 is 67.0 Å². The Labute approximate surface area is 261 Å². The van der Waals surface area contributed by atoms with Crippen LogP contribution in [0.1, 0.15) is 34.6 Å². The molecular weight excluding hydrogens is 610 g/mol. The monoisotopic (exact) mass is 639 g/mol. The number of esters is 4. The Hall–Kier alpha value is -6.12. The van der Waals surface area contributed by atoms with E-state index >= 15 is 0 Å². The predicted molar refractivity (Wildman–Crippen MR) is 156 cm³/mol. The van der Waals surface area contributed by atoms with Crippen molar-refractivity contribution in [3.63, 3.8) is 0 Å². The summed E-state index contributed by atoms with van der Waals surface area (Å²) in [6.45, 7) is 2.31. The molecular formula is C31H29NO14. The summed E-state index contributed by atoms with van der Waals surface area (Å²) >= 11 is 0. The molecule has 15 heteroatoms. The highest BCUT2D eigenvalue weighted by atomic mass is 16.6. The van der Waals surface area contributed by atoms with E-state index in [1.165, 1.54) is 57.7 Å². The quantitative estimate of drug-likeness (QED) is 0.204. The number of hydrogen-bond acceptors (Lipinski definition) is 13. The van der Waals surface area contributed by atoms with E-state index < -0.39 is 48.0 Å². The van der Waals surface area contributed by atoms with Crippen LogP contribution < -0.4 is 29.0 Å². The fourth-order valence-corrected chi connectivity index (χ4v) is 3.84. The molecule has 242 valence electrons. The molecule has 3 aromatic rings. The second-order valence-electron chi connectivity index (χ2n) is 9.13. The van der Waals surface area contributed by atoms with E-state index in [-0.39, 0.29) is 39.8 Å². The van der Waals surface area contributed by atoms with Crippen molar-refractivity contribution in [2.45, 2.75) is 26.1 Å². The van der Waals surface area contributed by atoms with Gasteiger partial charge in [0.1, 0.15) is 5.75 Å². The molecule has 0 unspecified atom stereocenters. The van der Waals surface area contributed by atoms with Gasteiger partial charge in [0.15, 0.2) is 23.0 Å². The summed E-state index contributed by atoms with van der Waals surface area (Å²) < 4.78 is 35.9. The number of carboxylic acid groups (broad SMARTS) is 1. The molecule has 0 saturated carbocycles. The maximum absolute atomic E-state index is 13.5. The Morgan fingerprint density at radius 2 is 1.13 bits per heavy atom. The topological polar surface area (TPSA) is 199 Å².